The van der Waals surface area contributed by atoms with Gasteiger partial charge in [0.1, 0.15) is 15.6 Å². The normalized spacial score (nSPS) is 16.8. The highest BCUT2D eigenvalue weighted by Crippen LogP contribution is 2.23. The lowest BCUT2D eigenvalue weighted by atomic mass is 10.1. The molecule has 1 saturated heterocycles. The van der Waals surface area contributed by atoms with E-state index in [1.807, 2.05) is 13.0 Å². The van der Waals surface area contributed by atoms with Gasteiger partial charge in [0.15, 0.2) is 0 Å². The number of likely N-dealkylation sites (tertiary alicyclic amines) is 1. The SMILES string of the molecule is CCOc1ccccc1C(=O)N1CCC(S(C)(=O)=O)CC1. The van der Waals surface area contributed by atoms with Crippen molar-refractivity contribution in [2.75, 3.05) is 26.0 Å². The fraction of sp³-hybridized carbons (Fsp3) is 0.533. The molecule has 21 heavy (non-hydrogen) atoms. The van der Waals surface area contributed by atoms with Crippen LogP contribution in [0, 0.1) is 0 Å². The zero-order valence-corrected chi connectivity index (χ0v) is 13.2. The van der Waals surface area contributed by atoms with Gasteiger partial charge in [-0.3, -0.25) is 4.79 Å². The topological polar surface area (TPSA) is 63.7 Å². The molecule has 1 heterocycles. The van der Waals surface area contributed by atoms with Crippen molar-refractivity contribution in [2.24, 2.45) is 0 Å². The molecule has 0 saturated carbocycles. The summed E-state index contributed by atoms with van der Waals surface area (Å²) in [6.07, 6.45) is 2.27. The molecule has 6 heteroatoms. The van der Waals surface area contributed by atoms with Crippen LogP contribution < -0.4 is 4.74 Å². The van der Waals surface area contributed by atoms with E-state index in [1.54, 1.807) is 23.1 Å². The summed E-state index contributed by atoms with van der Waals surface area (Å²) in [7, 11) is -3.02. The zero-order valence-electron chi connectivity index (χ0n) is 12.4. The third-order valence-electron chi connectivity index (χ3n) is 3.75. The molecule has 0 spiro atoms. The molecule has 1 fully saturated rings. The third-order valence-corrected chi connectivity index (χ3v) is 5.43. The highest BCUT2D eigenvalue weighted by molar-refractivity contribution is 7.91. The van der Waals surface area contributed by atoms with E-state index in [4.69, 9.17) is 4.74 Å². The molecule has 1 aromatic carbocycles. The highest BCUT2D eigenvalue weighted by Gasteiger charge is 2.29. The predicted molar refractivity (Wildman–Crippen MR) is 81.4 cm³/mol. The van der Waals surface area contributed by atoms with Gasteiger partial charge >= 0.3 is 0 Å². The van der Waals surface area contributed by atoms with Crippen LogP contribution in [0.4, 0.5) is 0 Å². The van der Waals surface area contributed by atoms with Gasteiger partial charge in [0.05, 0.1) is 17.4 Å². The number of carbonyl (C=O) groups excluding carboxylic acids is 1. The molecular formula is C15H21NO4S. The Bertz CT molecular complexity index is 604. The maximum atomic E-state index is 12.5. The van der Waals surface area contributed by atoms with Gasteiger partial charge in [-0.2, -0.15) is 0 Å². The fourth-order valence-electron chi connectivity index (χ4n) is 2.58. The van der Waals surface area contributed by atoms with Crippen LogP contribution in [0.5, 0.6) is 5.75 Å². The molecule has 1 aromatic rings. The first-order valence-corrected chi connectivity index (χ1v) is 9.09. The van der Waals surface area contributed by atoms with Crippen LogP contribution in [0.25, 0.3) is 0 Å². The van der Waals surface area contributed by atoms with E-state index in [9.17, 15) is 13.2 Å². The van der Waals surface area contributed by atoms with E-state index in [2.05, 4.69) is 0 Å². The lowest BCUT2D eigenvalue weighted by Gasteiger charge is -2.31. The van der Waals surface area contributed by atoms with Crippen LogP contribution >= 0.6 is 0 Å². The molecule has 0 atom stereocenters. The van der Waals surface area contributed by atoms with E-state index in [0.29, 0.717) is 43.9 Å². The lowest BCUT2D eigenvalue weighted by Crippen LogP contribution is -2.42. The summed E-state index contributed by atoms with van der Waals surface area (Å²) in [5.74, 6) is 0.487. The summed E-state index contributed by atoms with van der Waals surface area (Å²) in [4.78, 5) is 14.3. The number of amides is 1. The number of para-hydroxylation sites is 1. The monoisotopic (exact) mass is 311 g/mol. The molecule has 0 N–H and O–H groups in total. The van der Waals surface area contributed by atoms with Gasteiger partial charge in [-0.15, -0.1) is 0 Å². The Balaban J connectivity index is 2.09. The second-order valence-corrected chi connectivity index (χ2v) is 7.58. The predicted octanol–water partition coefficient (Wildman–Crippen LogP) is 1.73. The highest BCUT2D eigenvalue weighted by atomic mass is 32.2. The first kappa shape index (κ1) is 15.8. The van der Waals surface area contributed by atoms with Crippen molar-refractivity contribution < 1.29 is 17.9 Å². The summed E-state index contributed by atoms with van der Waals surface area (Å²) in [5, 5.41) is -0.330. The second-order valence-electron chi connectivity index (χ2n) is 5.25. The van der Waals surface area contributed by atoms with Gasteiger partial charge in [-0.25, -0.2) is 8.42 Å². The molecular weight excluding hydrogens is 290 g/mol. The van der Waals surface area contributed by atoms with Gasteiger partial charge in [0.25, 0.3) is 5.91 Å². The van der Waals surface area contributed by atoms with Gasteiger partial charge in [0, 0.05) is 19.3 Å². The Morgan fingerprint density at radius 1 is 1.29 bits per heavy atom. The number of sulfone groups is 1. The minimum atomic E-state index is -3.02. The Hall–Kier alpha value is -1.56. The zero-order chi connectivity index (χ0) is 15.5. The summed E-state index contributed by atoms with van der Waals surface area (Å²) in [6, 6.07) is 7.16. The van der Waals surface area contributed by atoms with E-state index < -0.39 is 9.84 Å². The number of ether oxygens (including phenoxy) is 1. The minimum Gasteiger partial charge on any atom is -0.493 e. The lowest BCUT2D eigenvalue weighted by molar-refractivity contribution is 0.0721. The van der Waals surface area contributed by atoms with Crippen LogP contribution in [0.3, 0.4) is 0 Å². The second kappa shape index (κ2) is 6.47. The first-order chi connectivity index (χ1) is 9.93. The van der Waals surface area contributed by atoms with E-state index in [-0.39, 0.29) is 11.2 Å². The summed E-state index contributed by atoms with van der Waals surface area (Å²) >= 11 is 0. The number of nitrogens with zero attached hydrogens (tertiary/aromatic N) is 1. The Kier molecular flexibility index (Phi) is 4.88. The summed E-state index contributed by atoms with van der Waals surface area (Å²) in [6.45, 7) is 3.31. The average molecular weight is 311 g/mol. The van der Waals surface area contributed by atoms with Crippen molar-refractivity contribution in [2.45, 2.75) is 25.0 Å². The smallest absolute Gasteiger partial charge is 0.257 e. The van der Waals surface area contributed by atoms with Crippen molar-refractivity contribution in [3.8, 4) is 5.75 Å². The van der Waals surface area contributed by atoms with Crippen molar-refractivity contribution in [3.63, 3.8) is 0 Å². The molecule has 0 bridgehead atoms. The first-order valence-electron chi connectivity index (χ1n) is 7.13. The molecule has 1 amide bonds. The summed E-state index contributed by atoms with van der Waals surface area (Å²) < 4.78 is 28.6. The minimum absolute atomic E-state index is 0.0917. The summed E-state index contributed by atoms with van der Waals surface area (Å²) in [5.41, 5.74) is 0.539. The molecule has 2 rings (SSSR count). The van der Waals surface area contributed by atoms with Crippen LogP contribution in [0.15, 0.2) is 24.3 Å². The standard InChI is InChI=1S/C15H21NO4S/c1-3-20-14-7-5-4-6-13(14)15(17)16-10-8-12(9-11-16)21(2,18)19/h4-7,12H,3,8-11H2,1-2H3. The molecule has 5 nitrogen and oxygen atoms in total. The van der Waals surface area contributed by atoms with Gasteiger partial charge in [-0.1, -0.05) is 12.1 Å². The van der Waals surface area contributed by atoms with Crippen LogP contribution in [-0.2, 0) is 9.84 Å². The van der Waals surface area contributed by atoms with E-state index in [0.717, 1.165) is 0 Å². The molecule has 0 aromatic heterocycles. The Morgan fingerprint density at radius 2 is 1.90 bits per heavy atom. The van der Waals surface area contributed by atoms with Crippen molar-refractivity contribution in [1.29, 1.82) is 0 Å². The quantitative estimate of drug-likeness (QED) is 0.849. The van der Waals surface area contributed by atoms with Gasteiger partial charge < -0.3 is 9.64 Å². The number of piperidine rings is 1. The number of benzene rings is 1. The largest absolute Gasteiger partial charge is 0.493 e. The molecule has 116 valence electrons. The van der Waals surface area contributed by atoms with Crippen LogP contribution in [0.2, 0.25) is 0 Å². The molecule has 1 aliphatic heterocycles. The van der Waals surface area contributed by atoms with Crippen molar-refractivity contribution in [1.82, 2.24) is 4.90 Å². The Morgan fingerprint density at radius 3 is 2.48 bits per heavy atom. The number of hydrogen-bond acceptors (Lipinski definition) is 4. The van der Waals surface area contributed by atoms with Crippen molar-refractivity contribution >= 4 is 15.7 Å². The van der Waals surface area contributed by atoms with E-state index >= 15 is 0 Å². The maximum Gasteiger partial charge on any atom is 0.257 e. The number of hydrogen-bond donors (Lipinski definition) is 0. The maximum absolute atomic E-state index is 12.5. The number of carbonyl (C=O) groups is 1. The van der Waals surface area contributed by atoms with Crippen LogP contribution in [0.1, 0.15) is 30.1 Å². The van der Waals surface area contributed by atoms with Gasteiger partial charge in [0.2, 0.25) is 0 Å². The number of rotatable bonds is 4. The fourth-order valence-corrected chi connectivity index (χ4v) is 3.65. The molecule has 0 unspecified atom stereocenters. The van der Waals surface area contributed by atoms with Gasteiger partial charge in [-0.05, 0) is 31.9 Å². The van der Waals surface area contributed by atoms with E-state index in [1.165, 1.54) is 6.26 Å². The van der Waals surface area contributed by atoms with Crippen molar-refractivity contribution in [3.05, 3.63) is 29.8 Å². The molecule has 0 aliphatic carbocycles. The Labute approximate surface area is 125 Å². The molecule has 1 aliphatic rings. The molecule has 0 radical (unpaired) electrons. The van der Waals surface area contributed by atoms with Crippen LogP contribution in [-0.4, -0.2) is 50.4 Å². The third kappa shape index (κ3) is 3.75. The average Bonchev–Trinajstić information content (AvgIpc) is 2.47.